The molecule has 6 heteroatoms. The molecule has 0 aliphatic carbocycles. The summed E-state index contributed by atoms with van der Waals surface area (Å²) in [6, 6.07) is 5.46. The van der Waals surface area contributed by atoms with Gasteiger partial charge in [-0.25, -0.2) is 0 Å². The number of hydrogen-bond donors (Lipinski definition) is 3. The summed E-state index contributed by atoms with van der Waals surface area (Å²) >= 11 is 0. The highest BCUT2D eigenvalue weighted by molar-refractivity contribution is 5.75. The second-order valence-electron chi connectivity index (χ2n) is 4.36. The first-order chi connectivity index (χ1) is 8.72. The SMILES string of the molecule is OC[C@H]1O[C@@H](n2ccc3ncccc32)C(O)C1O. The first-order valence-corrected chi connectivity index (χ1v) is 5.76. The van der Waals surface area contributed by atoms with Crippen molar-refractivity contribution in [3.63, 3.8) is 0 Å². The van der Waals surface area contributed by atoms with Crippen molar-refractivity contribution in [3.8, 4) is 0 Å². The topological polar surface area (TPSA) is 87.7 Å². The summed E-state index contributed by atoms with van der Waals surface area (Å²) in [6.45, 7) is -0.327. The molecule has 3 heterocycles. The maximum Gasteiger partial charge on any atom is 0.163 e. The fraction of sp³-hybridized carbons (Fsp3) is 0.417. The van der Waals surface area contributed by atoms with Gasteiger partial charge < -0.3 is 24.6 Å². The Morgan fingerprint density at radius 3 is 2.83 bits per heavy atom. The third-order valence-electron chi connectivity index (χ3n) is 3.28. The van der Waals surface area contributed by atoms with Gasteiger partial charge in [0.25, 0.3) is 0 Å². The summed E-state index contributed by atoms with van der Waals surface area (Å²) in [4.78, 5) is 4.19. The van der Waals surface area contributed by atoms with Crippen LogP contribution in [-0.2, 0) is 4.74 Å². The molecular formula is C12H14N2O4. The molecule has 2 aromatic heterocycles. The van der Waals surface area contributed by atoms with Gasteiger partial charge >= 0.3 is 0 Å². The highest BCUT2D eigenvalue weighted by Crippen LogP contribution is 2.31. The first-order valence-electron chi connectivity index (χ1n) is 5.76. The van der Waals surface area contributed by atoms with Gasteiger partial charge in [0.1, 0.15) is 18.3 Å². The molecule has 0 radical (unpaired) electrons. The van der Waals surface area contributed by atoms with Crippen LogP contribution in [0.15, 0.2) is 30.6 Å². The maximum absolute atomic E-state index is 9.96. The molecule has 0 bridgehead atoms. The Balaban J connectivity index is 2.00. The van der Waals surface area contributed by atoms with Crippen molar-refractivity contribution in [2.45, 2.75) is 24.5 Å². The highest BCUT2D eigenvalue weighted by Gasteiger charge is 2.43. The average molecular weight is 250 g/mol. The van der Waals surface area contributed by atoms with Gasteiger partial charge in [-0.15, -0.1) is 0 Å². The van der Waals surface area contributed by atoms with Gasteiger partial charge in [-0.1, -0.05) is 0 Å². The molecule has 2 unspecified atom stereocenters. The zero-order chi connectivity index (χ0) is 12.7. The first kappa shape index (κ1) is 11.6. The van der Waals surface area contributed by atoms with E-state index in [-0.39, 0.29) is 6.61 Å². The summed E-state index contributed by atoms with van der Waals surface area (Å²) in [5.41, 5.74) is 1.60. The molecule has 96 valence electrons. The number of rotatable bonds is 2. The van der Waals surface area contributed by atoms with Crippen LogP contribution in [0.3, 0.4) is 0 Å². The van der Waals surface area contributed by atoms with Crippen molar-refractivity contribution in [3.05, 3.63) is 30.6 Å². The van der Waals surface area contributed by atoms with Gasteiger partial charge in [-0.2, -0.15) is 0 Å². The van der Waals surface area contributed by atoms with E-state index in [1.54, 1.807) is 23.0 Å². The standard InChI is InChI=1S/C12H14N2O4/c15-6-9-10(16)11(17)12(18-9)14-5-3-7-8(14)2-1-4-13-7/h1-5,9-12,15-17H,6H2/t9-,10?,11?,12-/m1/s1. The van der Waals surface area contributed by atoms with E-state index < -0.39 is 24.5 Å². The number of nitrogens with zero attached hydrogens (tertiary/aromatic N) is 2. The largest absolute Gasteiger partial charge is 0.394 e. The summed E-state index contributed by atoms with van der Waals surface area (Å²) in [5, 5.41) is 28.8. The van der Waals surface area contributed by atoms with E-state index >= 15 is 0 Å². The molecule has 1 aliphatic heterocycles. The molecule has 0 aromatic carbocycles. The van der Waals surface area contributed by atoms with Crippen molar-refractivity contribution in [2.24, 2.45) is 0 Å². The molecule has 3 N–H and O–H groups in total. The van der Waals surface area contributed by atoms with Crippen LogP contribution in [0.4, 0.5) is 0 Å². The quantitative estimate of drug-likeness (QED) is 0.678. The molecule has 0 spiro atoms. The monoisotopic (exact) mass is 250 g/mol. The molecule has 1 fully saturated rings. The Morgan fingerprint density at radius 2 is 2.11 bits per heavy atom. The Labute approximate surface area is 103 Å². The Kier molecular flexibility index (Phi) is 2.79. The maximum atomic E-state index is 9.96. The van der Waals surface area contributed by atoms with Crippen LogP contribution in [0, 0.1) is 0 Å². The lowest BCUT2D eigenvalue weighted by molar-refractivity contribution is -0.0506. The van der Waals surface area contributed by atoms with E-state index in [4.69, 9.17) is 9.84 Å². The lowest BCUT2D eigenvalue weighted by Crippen LogP contribution is -2.33. The van der Waals surface area contributed by atoms with Crippen molar-refractivity contribution >= 4 is 11.0 Å². The van der Waals surface area contributed by atoms with Crippen LogP contribution < -0.4 is 0 Å². The van der Waals surface area contributed by atoms with E-state index in [2.05, 4.69) is 4.98 Å². The normalized spacial score (nSPS) is 32.2. The van der Waals surface area contributed by atoms with E-state index in [1.807, 2.05) is 12.1 Å². The third kappa shape index (κ3) is 1.62. The molecule has 0 saturated carbocycles. The second kappa shape index (κ2) is 4.33. The molecule has 3 rings (SSSR count). The van der Waals surface area contributed by atoms with Gasteiger partial charge in [-0.05, 0) is 18.2 Å². The number of aliphatic hydroxyl groups excluding tert-OH is 3. The smallest absolute Gasteiger partial charge is 0.163 e. The number of ether oxygens (including phenoxy) is 1. The van der Waals surface area contributed by atoms with E-state index in [1.165, 1.54) is 0 Å². The van der Waals surface area contributed by atoms with E-state index in [0.717, 1.165) is 11.0 Å². The van der Waals surface area contributed by atoms with Crippen LogP contribution in [0.2, 0.25) is 0 Å². The van der Waals surface area contributed by atoms with Crippen molar-refractivity contribution in [1.82, 2.24) is 9.55 Å². The summed E-state index contributed by atoms with van der Waals surface area (Å²) < 4.78 is 7.19. The van der Waals surface area contributed by atoms with Crippen molar-refractivity contribution < 1.29 is 20.1 Å². The van der Waals surface area contributed by atoms with Gasteiger partial charge in [0.05, 0.1) is 17.6 Å². The zero-order valence-electron chi connectivity index (χ0n) is 9.55. The fourth-order valence-electron chi connectivity index (χ4n) is 2.32. The van der Waals surface area contributed by atoms with Gasteiger partial charge in [-0.3, -0.25) is 4.98 Å². The zero-order valence-corrected chi connectivity index (χ0v) is 9.55. The van der Waals surface area contributed by atoms with Crippen LogP contribution >= 0.6 is 0 Å². The lowest BCUT2D eigenvalue weighted by atomic mass is 10.1. The minimum Gasteiger partial charge on any atom is -0.394 e. The summed E-state index contributed by atoms with van der Waals surface area (Å²) in [7, 11) is 0. The molecule has 1 aliphatic rings. The summed E-state index contributed by atoms with van der Waals surface area (Å²) in [6.07, 6.45) is -0.202. The summed E-state index contributed by atoms with van der Waals surface area (Å²) in [5.74, 6) is 0. The molecule has 4 atom stereocenters. The molecule has 1 saturated heterocycles. The predicted molar refractivity (Wildman–Crippen MR) is 62.7 cm³/mol. The molecule has 2 aromatic rings. The van der Waals surface area contributed by atoms with Crippen LogP contribution in [-0.4, -0.2) is 49.8 Å². The Morgan fingerprint density at radius 1 is 1.28 bits per heavy atom. The number of aliphatic hydroxyl groups is 3. The Bertz CT molecular complexity index is 556. The van der Waals surface area contributed by atoms with Gasteiger partial charge in [0.15, 0.2) is 6.23 Å². The molecule has 6 nitrogen and oxygen atoms in total. The lowest BCUT2D eigenvalue weighted by Gasteiger charge is -2.17. The molecule has 18 heavy (non-hydrogen) atoms. The van der Waals surface area contributed by atoms with Crippen LogP contribution in [0.5, 0.6) is 0 Å². The highest BCUT2D eigenvalue weighted by atomic mass is 16.6. The number of fused-ring (bicyclic) bond motifs is 1. The van der Waals surface area contributed by atoms with E-state index in [9.17, 15) is 10.2 Å². The number of aromatic nitrogens is 2. The van der Waals surface area contributed by atoms with E-state index in [0.29, 0.717) is 0 Å². The van der Waals surface area contributed by atoms with Gasteiger partial charge in [0.2, 0.25) is 0 Å². The average Bonchev–Trinajstić information content (AvgIpc) is 2.93. The van der Waals surface area contributed by atoms with Crippen molar-refractivity contribution in [1.29, 1.82) is 0 Å². The van der Waals surface area contributed by atoms with Crippen LogP contribution in [0.25, 0.3) is 11.0 Å². The molecule has 0 amide bonds. The Hall–Kier alpha value is -1.47. The fourth-order valence-corrected chi connectivity index (χ4v) is 2.32. The number of pyridine rings is 1. The number of hydrogen-bond acceptors (Lipinski definition) is 5. The van der Waals surface area contributed by atoms with Crippen molar-refractivity contribution in [2.75, 3.05) is 6.61 Å². The third-order valence-corrected chi connectivity index (χ3v) is 3.28. The molecular weight excluding hydrogens is 236 g/mol. The van der Waals surface area contributed by atoms with Crippen LogP contribution in [0.1, 0.15) is 6.23 Å². The minimum atomic E-state index is -1.09. The van der Waals surface area contributed by atoms with Gasteiger partial charge in [0, 0.05) is 12.4 Å². The predicted octanol–water partition coefficient (Wildman–Crippen LogP) is -0.352. The minimum absolute atomic E-state index is 0.327. The second-order valence-corrected chi connectivity index (χ2v) is 4.36.